The molecule has 4 rings (SSSR count). The molecule has 3 aromatic rings. The van der Waals surface area contributed by atoms with Crippen LogP contribution in [0.2, 0.25) is 0 Å². The summed E-state index contributed by atoms with van der Waals surface area (Å²) in [5.41, 5.74) is 2.21. The van der Waals surface area contributed by atoms with Gasteiger partial charge in [-0.1, -0.05) is 42.8 Å². The first-order chi connectivity index (χ1) is 15.9. The maximum absolute atomic E-state index is 13.9. The van der Waals surface area contributed by atoms with Crippen LogP contribution in [0, 0.1) is 18.6 Å². The van der Waals surface area contributed by atoms with Gasteiger partial charge in [0.05, 0.1) is 17.9 Å². The Balaban J connectivity index is 1.77. The zero-order valence-electron chi connectivity index (χ0n) is 18.2. The number of carbonyl (C=O) groups excluding carboxylic acids is 2. The quantitative estimate of drug-likeness (QED) is 0.488. The Labute approximate surface area is 190 Å². The molecule has 0 saturated heterocycles. The number of halogens is 2. The predicted octanol–water partition coefficient (Wildman–Crippen LogP) is 5.46. The molecule has 5 nitrogen and oxygen atoms in total. The van der Waals surface area contributed by atoms with Gasteiger partial charge in [-0.05, 0) is 43.2 Å². The number of benzene rings is 3. The highest BCUT2D eigenvalue weighted by molar-refractivity contribution is 6.46. The lowest BCUT2D eigenvalue weighted by Gasteiger charge is -2.16. The van der Waals surface area contributed by atoms with E-state index in [2.05, 4.69) is 5.32 Å². The van der Waals surface area contributed by atoms with Crippen molar-refractivity contribution in [2.24, 2.45) is 0 Å². The fourth-order valence-electron chi connectivity index (χ4n) is 3.52. The zero-order chi connectivity index (χ0) is 23.5. The highest BCUT2D eigenvalue weighted by Crippen LogP contribution is 2.34. The minimum atomic E-state index is -1.15. The summed E-state index contributed by atoms with van der Waals surface area (Å²) < 4.78 is 33.0. The van der Waals surface area contributed by atoms with Gasteiger partial charge in [0, 0.05) is 17.8 Å². The summed E-state index contributed by atoms with van der Waals surface area (Å²) in [7, 11) is 0. The lowest BCUT2D eigenvalue weighted by Crippen LogP contribution is -2.32. The van der Waals surface area contributed by atoms with Crippen LogP contribution < -0.4 is 15.0 Å². The van der Waals surface area contributed by atoms with Crippen LogP contribution in [-0.4, -0.2) is 18.4 Å². The second-order valence-electron chi connectivity index (χ2n) is 7.66. The molecule has 0 radical (unpaired) electrons. The van der Waals surface area contributed by atoms with Crippen molar-refractivity contribution in [2.75, 3.05) is 16.8 Å². The average Bonchev–Trinajstić information content (AvgIpc) is 3.04. The maximum Gasteiger partial charge on any atom is 0.282 e. The summed E-state index contributed by atoms with van der Waals surface area (Å²) in [5, 5.41) is 3.05. The van der Waals surface area contributed by atoms with E-state index in [1.807, 2.05) is 26.0 Å². The Kier molecular flexibility index (Phi) is 6.22. The number of rotatable bonds is 7. The molecule has 0 fully saturated rings. The van der Waals surface area contributed by atoms with Crippen molar-refractivity contribution in [2.45, 2.75) is 20.3 Å². The van der Waals surface area contributed by atoms with Gasteiger partial charge in [0.2, 0.25) is 0 Å². The zero-order valence-corrected chi connectivity index (χ0v) is 18.2. The van der Waals surface area contributed by atoms with Crippen molar-refractivity contribution >= 4 is 28.8 Å². The number of nitrogens with zero attached hydrogens (tertiary/aromatic N) is 1. The van der Waals surface area contributed by atoms with E-state index in [0.29, 0.717) is 23.6 Å². The smallest absolute Gasteiger partial charge is 0.282 e. The molecule has 0 saturated carbocycles. The summed E-state index contributed by atoms with van der Waals surface area (Å²) in [6.07, 6.45) is 0.844. The third-order valence-corrected chi connectivity index (χ3v) is 5.16. The minimum absolute atomic E-state index is 0.0428. The van der Waals surface area contributed by atoms with Crippen LogP contribution in [0.4, 0.5) is 20.2 Å². The molecule has 2 amide bonds. The van der Waals surface area contributed by atoms with Gasteiger partial charge in [-0.2, -0.15) is 0 Å². The van der Waals surface area contributed by atoms with Crippen LogP contribution in [-0.2, 0) is 9.59 Å². The fraction of sp³-hybridized carbons (Fsp3) is 0.154. The van der Waals surface area contributed by atoms with E-state index < -0.39 is 23.4 Å². The Morgan fingerprint density at radius 2 is 1.67 bits per heavy atom. The number of imide groups is 1. The first-order valence-electron chi connectivity index (χ1n) is 10.5. The molecule has 1 N–H and O–H groups in total. The summed E-state index contributed by atoms with van der Waals surface area (Å²) in [5.74, 6) is -2.88. The van der Waals surface area contributed by atoms with Crippen molar-refractivity contribution in [3.05, 3.63) is 95.2 Å². The molecule has 3 aromatic carbocycles. The van der Waals surface area contributed by atoms with E-state index >= 15 is 0 Å². The Morgan fingerprint density at radius 3 is 2.36 bits per heavy atom. The molecule has 0 atom stereocenters. The molecule has 0 spiro atoms. The van der Waals surface area contributed by atoms with Gasteiger partial charge in [-0.25, -0.2) is 13.7 Å². The van der Waals surface area contributed by atoms with Gasteiger partial charge >= 0.3 is 0 Å². The molecule has 33 heavy (non-hydrogen) atoms. The molecule has 0 aromatic heterocycles. The number of amides is 2. The number of carbonyl (C=O) groups is 2. The molecule has 1 aliphatic rings. The molecular weight excluding hydrogens is 426 g/mol. The Morgan fingerprint density at radius 1 is 0.909 bits per heavy atom. The van der Waals surface area contributed by atoms with E-state index in [0.717, 1.165) is 29.0 Å². The van der Waals surface area contributed by atoms with Crippen LogP contribution in [0.1, 0.15) is 24.5 Å². The number of nitrogens with one attached hydrogen (secondary N) is 1. The van der Waals surface area contributed by atoms with Crippen LogP contribution >= 0.6 is 0 Å². The molecule has 1 heterocycles. The number of hydrogen-bond acceptors (Lipinski definition) is 4. The van der Waals surface area contributed by atoms with Crippen molar-refractivity contribution in [3.8, 4) is 5.75 Å². The molecule has 0 bridgehead atoms. The largest absolute Gasteiger partial charge is 0.494 e. The number of hydrogen-bond donors (Lipinski definition) is 1. The van der Waals surface area contributed by atoms with E-state index in [4.69, 9.17) is 4.74 Å². The average molecular weight is 448 g/mol. The van der Waals surface area contributed by atoms with Gasteiger partial charge in [0.15, 0.2) is 11.6 Å². The summed E-state index contributed by atoms with van der Waals surface area (Å²) in [6.45, 7) is 4.45. The topological polar surface area (TPSA) is 58.6 Å². The van der Waals surface area contributed by atoms with Crippen molar-refractivity contribution in [1.29, 1.82) is 0 Å². The van der Waals surface area contributed by atoms with Gasteiger partial charge < -0.3 is 10.1 Å². The van der Waals surface area contributed by atoms with Gasteiger partial charge in [-0.3, -0.25) is 9.59 Å². The number of aryl methyl sites for hydroxylation is 1. The molecule has 168 valence electrons. The van der Waals surface area contributed by atoms with Crippen LogP contribution in [0.15, 0.2) is 72.4 Å². The normalized spacial score (nSPS) is 13.6. The maximum atomic E-state index is 13.9. The lowest BCUT2D eigenvalue weighted by atomic mass is 10.0. The SMILES string of the molecule is CCCOc1cccc(NC2=C(c3ccc(C)cc3)C(=O)N(c3ccc(F)c(F)c3)C2=O)c1. The van der Waals surface area contributed by atoms with Crippen LogP contribution in [0.25, 0.3) is 5.57 Å². The number of anilines is 2. The van der Waals surface area contributed by atoms with E-state index in [-0.39, 0.29) is 17.0 Å². The third kappa shape index (κ3) is 4.48. The second-order valence-corrected chi connectivity index (χ2v) is 7.66. The van der Waals surface area contributed by atoms with E-state index in [1.54, 1.807) is 36.4 Å². The summed E-state index contributed by atoms with van der Waals surface area (Å²) >= 11 is 0. The summed E-state index contributed by atoms with van der Waals surface area (Å²) in [6, 6.07) is 17.1. The monoisotopic (exact) mass is 448 g/mol. The first kappa shape index (κ1) is 22.2. The Hall–Kier alpha value is -4.00. The minimum Gasteiger partial charge on any atom is -0.494 e. The molecular formula is C26H22F2N2O3. The highest BCUT2D eigenvalue weighted by atomic mass is 19.2. The van der Waals surface area contributed by atoms with Gasteiger partial charge in [-0.15, -0.1) is 0 Å². The lowest BCUT2D eigenvalue weighted by molar-refractivity contribution is -0.120. The highest BCUT2D eigenvalue weighted by Gasteiger charge is 2.40. The molecule has 0 unspecified atom stereocenters. The van der Waals surface area contributed by atoms with Crippen molar-refractivity contribution in [1.82, 2.24) is 0 Å². The van der Waals surface area contributed by atoms with Crippen molar-refractivity contribution < 1.29 is 23.1 Å². The Bertz CT molecular complexity index is 1250. The predicted molar refractivity (Wildman–Crippen MR) is 123 cm³/mol. The first-order valence-corrected chi connectivity index (χ1v) is 10.5. The standard InChI is InChI=1S/C26H22F2N2O3/c1-3-13-33-20-6-4-5-18(14-20)29-24-23(17-9-7-16(2)8-10-17)25(31)30(26(24)32)19-11-12-21(27)22(28)15-19/h4-12,14-15,29H,3,13H2,1-2H3. The van der Waals surface area contributed by atoms with Gasteiger partial charge in [0.25, 0.3) is 11.8 Å². The molecule has 0 aliphatic carbocycles. The van der Waals surface area contributed by atoms with E-state index in [9.17, 15) is 18.4 Å². The summed E-state index contributed by atoms with van der Waals surface area (Å²) in [4.78, 5) is 27.6. The van der Waals surface area contributed by atoms with Crippen molar-refractivity contribution in [3.63, 3.8) is 0 Å². The van der Waals surface area contributed by atoms with E-state index in [1.165, 1.54) is 6.07 Å². The fourth-order valence-corrected chi connectivity index (χ4v) is 3.52. The van der Waals surface area contributed by atoms with Gasteiger partial charge in [0.1, 0.15) is 11.4 Å². The second kappa shape index (κ2) is 9.24. The third-order valence-electron chi connectivity index (χ3n) is 5.16. The van der Waals surface area contributed by atoms with Crippen LogP contribution in [0.3, 0.4) is 0 Å². The van der Waals surface area contributed by atoms with Crippen LogP contribution in [0.5, 0.6) is 5.75 Å². The molecule has 1 aliphatic heterocycles. The molecule has 7 heteroatoms. The number of ether oxygens (including phenoxy) is 1.